The quantitative estimate of drug-likeness (QED) is 0.671. The Kier molecular flexibility index (Phi) is 4.20. The second-order valence-corrected chi connectivity index (χ2v) is 5.85. The minimum atomic E-state index is -0.675. The van der Waals surface area contributed by atoms with E-state index in [0.29, 0.717) is 10.4 Å². The van der Waals surface area contributed by atoms with Gasteiger partial charge in [0.05, 0.1) is 0 Å². The van der Waals surface area contributed by atoms with Gasteiger partial charge < -0.3 is 9.15 Å². The van der Waals surface area contributed by atoms with Crippen molar-refractivity contribution in [1.82, 2.24) is 10.2 Å². The van der Waals surface area contributed by atoms with Gasteiger partial charge in [-0.3, -0.25) is 0 Å². The molecule has 0 aliphatic carbocycles. The highest BCUT2D eigenvalue weighted by atomic mass is 32.1. The van der Waals surface area contributed by atoms with Crippen LogP contribution in [-0.4, -0.2) is 16.2 Å². The number of thiophene rings is 1. The molecular formula is C16H13FN2O3S. The Morgan fingerprint density at radius 3 is 2.65 bits per heavy atom. The van der Waals surface area contributed by atoms with Crippen LogP contribution in [0.15, 0.2) is 40.1 Å². The number of rotatable bonds is 4. The van der Waals surface area contributed by atoms with Gasteiger partial charge in [-0.25, -0.2) is 9.18 Å². The van der Waals surface area contributed by atoms with Crippen LogP contribution in [0.4, 0.5) is 4.39 Å². The predicted octanol–water partition coefficient (Wildman–Crippen LogP) is 4.16. The lowest BCUT2D eigenvalue weighted by atomic mass is 10.2. The summed E-state index contributed by atoms with van der Waals surface area (Å²) in [7, 11) is 0. The fourth-order valence-corrected chi connectivity index (χ4v) is 2.76. The number of aryl methyl sites for hydroxylation is 1. The van der Waals surface area contributed by atoms with Crippen LogP contribution in [-0.2, 0) is 4.74 Å². The molecule has 0 bridgehead atoms. The molecule has 0 amide bonds. The number of hydrogen-bond acceptors (Lipinski definition) is 6. The summed E-state index contributed by atoms with van der Waals surface area (Å²) in [6.07, 6.45) is -0.675. The maximum absolute atomic E-state index is 12.9. The number of esters is 1. The third kappa shape index (κ3) is 3.29. The molecule has 7 heteroatoms. The molecule has 0 aliphatic rings. The second-order valence-electron chi connectivity index (χ2n) is 4.93. The van der Waals surface area contributed by atoms with E-state index in [2.05, 4.69) is 10.2 Å². The van der Waals surface area contributed by atoms with Crippen LogP contribution in [0.25, 0.3) is 11.5 Å². The number of benzene rings is 1. The molecule has 0 radical (unpaired) electrons. The summed E-state index contributed by atoms with van der Waals surface area (Å²) in [6.45, 7) is 3.50. The van der Waals surface area contributed by atoms with Crippen molar-refractivity contribution in [3.8, 4) is 11.5 Å². The van der Waals surface area contributed by atoms with Crippen LogP contribution < -0.4 is 0 Å². The number of aromatic nitrogens is 2. The van der Waals surface area contributed by atoms with Crippen LogP contribution in [0, 0.1) is 12.7 Å². The van der Waals surface area contributed by atoms with Crippen LogP contribution in [0.3, 0.4) is 0 Å². The first kappa shape index (κ1) is 15.4. The summed E-state index contributed by atoms with van der Waals surface area (Å²) >= 11 is 1.32. The molecule has 3 rings (SSSR count). The number of ether oxygens (including phenoxy) is 1. The van der Waals surface area contributed by atoms with E-state index in [1.165, 1.54) is 35.6 Å². The largest absolute Gasteiger partial charge is 0.448 e. The van der Waals surface area contributed by atoms with E-state index in [4.69, 9.17) is 9.15 Å². The highest BCUT2D eigenvalue weighted by Crippen LogP contribution is 2.25. The third-order valence-electron chi connectivity index (χ3n) is 3.21. The molecule has 0 saturated heterocycles. The molecule has 5 nitrogen and oxygen atoms in total. The molecule has 118 valence electrons. The van der Waals surface area contributed by atoms with Crippen LogP contribution in [0.2, 0.25) is 0 Å². The van der Waals surface area contributed by atoms with Gasteiger partial charge in [-0.2, -0.15) is 0 Å². The summed E-state index contributed by atoms with van der Waals surface area (Å²) < 4.78 is 23.8. The van der Waals surface area contributed by atoms with Crippen molar-refractivity contribution in [2.75, 3.05) is 0 Å². The van der Waals surface area contributed by atoms with E-state index < -0.39 is 12.1 Å². The molecule has 23 heavy (non-hydrogen) atoms. The molecule has 2 aromatic heterocycles. The minimum Gasteiger partial charge on any atom is -0.448 e. The van der Waals surface area contributed by atoms with E-state index in [1.807, 2.05) is 18.4 Å². The first-order chi connectivity index (χ1) is 11.0. The zero-order valence-corrected chi connectivity index (χ0v) is 13.3. The van der Waals surface area contributed by atoms with Crippen molar-refractivity contribution in [3.63, 3.8) is 0 Å². The first-order valence-corrected chi connectivity index (χ1v) is 7.77. The second kappa shape index (κ2) is 6.29. The average Bonchev–Trinajstić information content (AvgIpc) is 3.17. The van der Waals surface area contributed by atoms with Gasteiger partial charge >= 0.3 is 5.97 Å². The molecule has 0 aliphatic heterocycles. The summed E-state index contributed by atoms with van der Waals surface area (Å²) in [5.74, 6) is -0.337. The Morgan fingerprint density at radius 2 is 2.00 bits per heavy atom. The lowest BCUT2D eigenvalue weighted by molar-refractivity contribution is 0.0285. The van der Waals surface area contributed by atoms with Gasteiger partial charge in [-0.05, 0) is 55.1 Å². The monoisotopic (exact) mass is 332 g/mol. The molecule has 0 fully saturated rings. The average molecular weight is 332 g/mol. The van der Waals surface area contributed by atoms with Gasteiger partial charge in [0, 0.05) is 5.56 Å². The van der Waals surface area contributed by atoms with Crippen molar-refractivity contribution >= 4 is 17.3 Å². The molecule has 2 heterocycles. The normalized spacial score (nSPS) is 12.1. The third-order valence-corrected chi connectivity index (χ3v) is 4.21. The topological polar surface area (TPSA) is 65.2 Å². The van der Waals surface area contributed by atoms with Gasteiger partial charge in [0.15, 0.2) is 6.10 Å². The maximum atomic E-state index is 12.9. The number of carbonyl (C=O) groups excluding carboxylic acids is 1. The highest BCUT2D eigenvalue weighted by Gasteiger charge is 2.21. The van der Waals surface area contributed by atoms with Crippen molar-refractivity contribution in [1.29, 1.82) is 0 Å². The molecule has 1 aromatic carbocycles. The zero-order valence-electron chi connectivity index (χ0n) is 12.4. The predicted molar refractivity (Wildman–Crippen MR) is 82.6 cm³/mol. The summed E-state index contributed by atoms with van der Waals surface area (Å²) in [5.41, 5.74) is 1.46. The van der Waals surface area contributed by atoms with E-state index >= 15 is 0 Å². The molecule has 0 spiro atoms. The lowest BCUT2D eigenvalue weighted by Crippen LogP contribution is -2.09. The summed E-state index contributed by atoms with van der Waals surface area (Å²) in [4.78, 5) is 12.6. The van der Waals surface area contributed by atoms with Gasteiger partial charge in [-0.15, -0.1) is 21.5 Å². The highest BCUT2D eigenvalue weighted by molar-refractivity contribution is 7.12. The Balaban J connectivity index is 1.73. The Labute approximate surface area is 135 Å². The standard InChI is InChI=1S/C16H13FN2O3S/c1-9-7-8-23-13(9)16(20)21-10(2)14-18-19-15(22-14)11-3-5-12(17)6-4-11/h3-8,10H,1-2H3/t10-/m0/s1. The van der Waals surface area contributed by atoms with Gasteiger partial charge in [-0.1, -0.05) is 0 Å². The number of nitrogens with zero attached hydrogens (tertiary/aromatic N) is 2. The summed E-state index contributed by atoms with van der Waals surface area (Å²) in [5, 5.41) is 9.61. The number of carbonyl (C=O) groups is 1. The summed E-state index contributed by atoms with van der Waals surface area (Å²) in [6, 6.07) is 7.55. The van der Waals surface area contributed by atoms with Crippen LogP contribution >= 0.6 is 11.3 Å². The lowest BCUT2D eigenvalue weighted by Gasteiger charge is -2.08. The number of halogens is 1. The fourth-order valence-electron chi connectivity index (χ4n) is 1.95. The molecule has 3 aromatic rings. The Hall–Kier alpha value is -2.54. The van der Waals surface area contributed by atoms with Crippen molar-refractivity contribution in [2.45, 2.75) is 20.0 Å². The van der Waals surface area contributed by atoms with Gasteiger partial charge in [0.2, 0.25) is 5.89 Å². The number of hydrogen-bond donors (Lipinski definition) is 0. The minimum absolute atomic E-state index is 0.187. The zero-order chi connectivity index (χ0) is 16.4. The first-order valence-electron chi connectivity index (χ1n) is 6.89. The Bertz CT molecular complexity index is 826. The van der Waals surface area contributed by atoms with E-state index in [-0.39, 0.29) is 17.6 Å². The van der Waals surface area contributed by atoms with Gasteiger partial charge in [0.25, 0.3) is 5.89 Å². The van der Waals surface area contributed by atoms with Crippen molar-refractivity contribution in [3.05, 3.63) is 57.9 Å². The Morgan fingerprint density at radius 1 is 1.26 bits per heavy atom. The van der Waals surface area contributed by atoms with E-state index in [1.54, 1.807) is 6.92 Å². The molecular weight excluding hydrogens is 319 g/mol. The fraction of sp³-hybridized carbons (Fsp3) is 0.188. The molecule has 0 unspecified atom stereocenters. The molecule has 0 saturated carbocycles. The molecule has 0 N–H and O–H groups in total. The smallest absolute Gasteiger partial charge is 0.349 e. The van der Waals surface area contributed by atoms with E-state index in [0.717, 1.165) is 5.56 Å². The van der Waals surface area contributed by atoms with Crippen molar-refractivity contribution in [2.24, 2.45) is 0 Å². The van der Waals surface area contributed by atoms with Crippen LogP contribution in [0.1, 0.15) is 34.2 Å². The van der Waals surface area contributed by atoms with Crippen LogP contribution in [0.5, 0.6) is 0 Å². The van der Waals surface area contributed by atoms with Crippen molar-refractivity contribution < 1.29 is 18.3 Å². The van der Waals surface area contributed by atoms with E-state index in [9.17, 15) is 9.18 Å². The SMILES string of the molecule is Cc1ccsc1C(=O)O[C@@H](C)c1nnc(-c2ccc(F)cc2)o1. The molecule has 1 atom stereocenters. The maximum Gasteiger partial charge on any atom is 0.349 e. The van der Waals surface area contributed by atoms with Gasteiger partial charge in [0.1, 0.15) is 10.7 Å².